The minimum atomic E-state index is -1.12. The highest BCUT2D eigenvalue weighted by atomic mass is 16.8. The van der Waals surface area contributed by atoms with Gasteiger partial charge in [0, 0.05) is 18.3 Å². The summed E-state index contributed by atoms with van der Waals surface area (Å²) in [4.78, 5) is 39.9. The van der Waals surface area contributed by atoms with Gasteiger partial charge in [0.2, 0.25) is 0 Å². The summed E-state index contributed by atoms with van der Waals surface area (Å²) in [5, 5.41) is 14.3. The fourth-order valence-corrected chi connectivity index (χ4v) is 4.37. The Hall–Kier alpha value is -4.04. The summed E-state index contributed by atoms with van der Waals surface area (Å²) in [6.07, 6.45) is -0.757. The summed E-state index contributed by atoms with van der Waals surface area (Å²) in [6.45, 7) is 2.11. The Bertz CT molecular complexity index is 1340. The molecule has 3 aromatic rings. The van der Waals surface area contributed by atoms with E-state index in [2.05, 4.69) is 15.6 Å². The van der Waals surface area contributed by atoms with Gasteiger partial charge in [-0.1, -0.05) is 30.3 Å². The highest BCUT2D eigenvalue weighted by Crippen LogP contribution is 2.43. The number of carbonyl (C=O) groups is 2. The van der Waals surface area contributed by atoms with Crippen LogP contribution in [-0.2, 0) is 25.6 Å². The molecule has 4 heterocycles. The third-order valence-electron chi connectivity index (χ3n) is 6.09. The predicted molar refractivity (Wildman–Crippen MR) is 129 cm³/mol. The molecule has 2 aromatic heterocycles. The lowest BCUT2D eigenvalue weighted by Gasteiger charge is -2.21. The third kappa shape index (κ3) is 5.31. The molecular formula is C25H26N4O9. The van der Waals surface area contributed by atoms with Crippen LogP contribution in [0.3, 0.4) is 0 Å². The first-order valence-electron chi connectivity index (χ1n) is 12.0. The number of ether oxygens (including phenoxy) is 4. The zero-order valence-corrected chi connectivity index (χ0v) is 20.3. The molecule has 0 aliphatic carbocycles. The molecule has 0 radical (unpaired) electrons. The first-order chi connectivity index (χ1) is 18.4. The van der Waals surface area contributed by atoms with E-state index in [0.717, 1.165) is 5.56 Å². The number of nitrogens with zero attached hydrogens (tertiary/aromatic N) is 2. The van der Waals surface area contributed by atoms with Crippen molar-refractivity contribution in [3.05, 3.63) is 82.3 Å². The summed E-state index contributed by atoms with van der Waals surface area (Å²) in [7, 11) is 0. The van der Waals surface area contributed by atoms with Gasteiger partial charge in [-0.3, -0.25) is 9.88 Å². The molecule has 3 N–H and O–H groups in total. The van der Waals surface area contributed by atoms with Crippen LogP contribution in [0.5, 0.6) is 0 Å². The number of hydrogen-bond donors (Lipinski definition) is 3. The lowest BCUT2D eigenvalue weighted by molar-refractivity contribution is -0.159. The molecule has 1 aromatic carbocycles. The van der Waals surface area contributed by atoms with E-state index in [1.54, 1.807) is 6.92 Å². The van der Waals surface area contributed by atoms with Crippen molar-refractivity contribution in [1.82, 2.24) is 14.9 Å². The number of amides is 2. The van der Waals surface area contributed by atoms with Gasteiger partial charge in [0.05, 0.1) is 12.9 Å². The maximum Gasteiger partial charge on any atom is 0.351 e. The number of aromatic carboxylic acids is 1. The number of benzene rings is 1. The Morgan fingerprint density at radius 1 is 1.11 bits per heavy atom. The van der Waals surface area contributed by atoms with E-state index in [1.807, 2.05) is 30.3 Å². The number of rotatable bonds is 9. The van der Waals surface area contributed by atoms with Gasteiger partial charge in [-0.15, -0.1) is 0 Å². The topological polar surface area (TPSA) is 163 Å². The van der Waals surface area contributed by atoms with E-state index in [4.69, 9.17) is 23.4 Å². The molecular weight excluding hydrogens is 500 g/mol. The SMILES string of the molecule is CCNC(=O)Nc1ccn([C@@H]2O[C@H](COCc3occc3C(=O)O)C3O[C@H](c4ccccc4)OC32)c(=O)n1. The molecule has 5 atom stereocenters. The van der Waals surface area contributed by atoms with Gasteiger partial charge in [-0.2, -0.15) is 4.98 Å². The molecule has 2 unspecified atom stereocenters. The van der Waals surface area contributed by atoms with Crippen molar-refractivity contribution in [2.75, 3.05) is 18.5 Å². The number of anilines is 1. The molecule has 2 fully saturated rings. The van der Waals surface area contributed by atoms with Crippen LogP contribution >= 0.6 is 0 Å². The molecule has 2 aliphatic heterocycles. The first kappa shape index (κ1) is 25.6. The average molecular weight is 527 g/mol. The van der Waals surface area contributed by atoms with Gasteiger partial charge in [0.1, 0.15) is 42.1 Å². The summed E-state index contributed by atoms with van der Waals surface area (Å²) in [5.41, 5.74) is 0.156. The van der Waals surface area contributed by atoms with E-state index in [9.17, 15) is 19.5 Å². The van der Waals surface area contributed by atoms with E-state index < -0.39 is 48.5 Å². The Morgan fingerprint density at radius 2 is 1.89 bits per heavy atom. The van der Waals surface area contributed by atoms with E-state index >= 15 is 0 Å². The molecule has 38 heavy (non-hydrogen) atoms. The second-order valence-electron chi connectivity index (χ2n) is 8.57. The second kappa shape index (κ2) is 11.1. The smallest absolute Gasteiger partial charge is 0.351 e. The Kier molecular flexibility index (Phi) is 7.51. The van der Waals surface area contributed by atoms with Crippen molar-refractivity contribution in [2.45, 2.75) is 44.4 Å². The zero-order chi connectivity index (χ0) is 26.6. The largest absolute Gasteiger partial charge is 0.478 e. The molecule has 5 rings (SSSR count). The van der Waals surface area contributed by atoms with Gasteiger partial charge in [-0.05, 0) is 19.1 Å². The molecule has 2 saturated heterocycles. The third-order valence-corrected chi connectivity index (χ3v) is 6.09. The van der Waals surface area contributed by atoms with Crippen molar-refractivity contribution in [1.29, 1.82) is 0 Å². The Labute approximate surface area is 216 Å². The molecule has 2 aliphatic rings. The van der Waals surface area contributed by atoms with Crippen LogP contribution in [0, 0.1) is 0 Å². The lowest BCUT2D eigenvalue weighted by Crippen LogP contribution is -2.35. The summed E-state index contributed by atoms with van der Waals surface area (Å²) in [6, 6.07) is 11.7. The standard InChI is InChI=1S/C25H26N4O9/c1-2-26-24(32)27-18-8-10-29(25(33)28-18)21-20-19(37-23(38-20)14-6-4-3-5-7-14)17(36-21)13-34-12-16-15(22(30)31)9-11-35-16/h3-11,17,19-21,23H,2,12-13H2,1H3,(H,30,31)(H2,26,27,28,32,33)/t17-,19?,20?,21-,23+/m1/s1. The van der Waals surface area contributed by atoms with Crippen molar-refractivity contribution in [3.8, 4) is 0 Å². The fourth-order valence-electron chi connectivity index (χ4n) is 4.37. The van der Waals surface area contributed by atoms with Crippen molar-refractivity contribution < 1.29 is 38.1 Å². The number of fused-ring (bicyclic) bond motifs is 1. The number of hydrogen-bond acceptors (Lipinski definition) is 9. The van der Waals surface area contributed by atoms with Crippen LogP contribution in [0.4, 0.5) is 10.6 Å². The first-order valence-corrected chi connectivity index (χ1v) is 12.0. The van der Waals surface area contributed by atoms with Gasteiger partial charge < -0.3 is 33.8 Å². The summed E-state index contributed by atoms with van der Waals surface area (Å²) < 4.78 is 30.7. The van der Waals surface area contributed by atoms with Crippen molar-refractivity contribution >= 4 is 17.8 Å². The van der Waals surface area contributed by atoms with Crippen LogP contribution in [0.15, 0.2) is 64.1 Å². The van der Waals surface area contributed by atoms with Crippen LogP contribution in [-0.4, -0.2) is 58.1 Å². The second-order valence-corrected chi connectivity index (χ2v) is 8.57. The summed E-state index contributed by atoms with van der Waals surface area (Å²) >= 11 is 0. The predicted octanol–water partition coefficient (Wildman–Crippen LogP) is 2.27. The number of nitrogens with one attached hydrogen (secondary N) is 2. The maximum absolute atomic E-state index is 12.9. The van der Waals surface area contributed by atoms with Crippen molar-refractivity contribution in [3.63, 3.8) is 0 Å². The average Bonchev–Trinajstić information content (AvgIpc) is 3.62. The molecule has 0 spiro atoms. The monoisotopic (exact) mass is 526 g/mol. The molecule has 2 amide bonds. The highest BCUT2D eigenvalue weighted by Gasteiger charge is 2.54. The van der Waals surface area contributed by atoms with Gasteiger partial charge in [-0.25, -0.2) is 14.4 Å². The fraction of sp³-hybridized carbons (Fsp3) is 0.360. The lowest BCUT2D eigenvalue weighted by atomic mass is 10.1. The molecule has 0 saturated carbocycles. The van der Waals surface area contributed by atoms with E-state index in [-0.39, 0.29) is 30.4 Å². The van der Waals surface area contributed by atoms with E-state index in [0.29, 0.717) is 6.54 Å². The number of carboxylic acids is 1. The van der Waals surface area contributed by atoms with Crippen LogP contribution in [0.1, 0.15) is 41.1 Å². The molecule has 200 valence electrons. The van der Waals surface area contributed by atoms with E-state index in [1.165, 1.54) is 29.2 Å². The minimum Gasteiger partial charge on any atom is -0.478 e. The number of furan rings is 1. The number of carbonyl (C=O) groups excluding carboxylic acids is 1. The van der Waals surface area contributed by atoms with Crippen molar-refractivity contribution in [2.24, 2.45) is 0 Å². The van der Waals surface area contributed by atoms with Gasteiger partial charge in [0.25, 0.3) is 0 Å². The summed E-state index contributed by atoms with van der Waals surface area (Å²) in [5.74, 6) is -0.861. The minimum absolute atomic E-state index is 0.0108. The Balaban J connectivity index is 1.34. The molecule has 13 nitrogen and oxygen atoms in total. The maximum atomic E-state index is 12.9. The number of urea groups is 1. The molecule has 0 bridgehead atoms. The van der Waals surface area contributed by atoms with Crippen LogP contribution in [0.2, 0.25) is 0 Å². The number of aromatic nitrogens is 2. The van der Waals surface area contributed by atoms with Gasteiger partial charge >= 0.3 is 17.7 Å². The number of carboxylic acid groups (broad SMARTS) is 1. The zero-order valence-electron chi connectivity index (χ0n) is 20.3. The highest BCUT2D eigenvalue weighted by molar-refractivity contribution is 5.88. The molecule has 13 heteroatoms. The van der Waals surface area contributed by atoms with Crippen LogP contribution in [0.25, 0.3) is 0 Å². The van der Waals surface area contributed by atoms with Gasteiger partial charge in [0.15, 0.2) is 12.5 Å². The Morgan fingerprint density at radius 3 is 2.63 bits per heavy atom. The quantitative estimate of drug-likeness (QED) is 0.377. The van der Waals surface area contributed by atoms with Crippen LogP contribution < -0.4 is 16.3 Å². The normalized spacial score (nSPS) is 24.2.